The second kappa shape index (κ2) is 11.8. The maximum atomic E-state index is 13.6. The number of pyridine rings is 1. The van der Waals surface area contributed by atoms with E-state index in [0.29, 0.717) is 11.7 Å². The van der Waals surface area contributed by atoms with Gasteiger partial charge in [0.05, 0.1) is 11.1 Å². The Bertz CT molecular complexity index is 1560. The molecule has 0 bridgehead atoms. The van der Waals surface area contributed by atoms with Gasteiger partial charge in [-0.1, -0.05) is 23.4 Å². The Morgan fingerprint density at radius 1 is 1.23 bits per heavy atom. The van der Waals surface area contributed by atoms with Gasteiger partial charge in [-0.15, -0.1) is 0 Å². The highest BCUT2D eigenvalue weighted by Crippen LogP contribution is 2.37. The van der Waals surface area contributed by atoms with E-state index < -0.39 is 23.2 Å². The summed E-state index contributed by atoms with van der Waals surface area (Å²) in [6.07, 6.45) is -1.37. The quantitative estimate of drug-likeness (QED) is 0.215. The topological polar surface area (TPSA) is 97.1 Å². The lowest BCUT2D eigenvalue weighted by Gasteiger charge is -2.17. The number of carbonyl (C=O) groups is 1. The van der Waals surface area contributed by atoms with Crippen LogP contribution in [0.5, 0.6) is 0 Å². The summed E-state index contributed by atoms with van der Waals surface area (Å²) < 4.78 is 47.5. The number of aliphatic imine (C=N–C) groups is 1. The van der Waals surface area contributed by atoms with Gasteiger partial charge in [0, 0.05) is 41.4 Å². The maximum absolute atomic E-state index is 13.6. The monoisotopic (exact) mass is 591 g/mol. The molecule has 1 aromatic carbocycles. The SMILES string of the molecule is CN=C(OC(C)=C(C)C)n1cc(-c2cc(C(F)(F)F)ccc2Cl)c(C(=O)NC2=NNC(C#CC3CC3)S2)cc1=O. The summed E-state index contributed by atoms with van der Waals surface area (Å²) >= 11 is 7.51. The van der Waals surface area contributed by atoms with E-state index in [1.54, 1.807) is 20.8 Å². The molecular formula is C27H25ClF3N5O3S. The summed E-state index contributed by atoms with van der Waals surface area (Å²) in [5.41, 5.74) is 1.57. The Morgan fingerprint density at radius 3 is 2.58 bits per heavy atom. The molecule has 2 heterocycles. The Kier molecular flexibility index (Phi) is 8.65. The molecule has 13 heteroatoms. The Balaban J connectivity index is 1.77. The van der Waals surface area contributed by atoms with Gasteiger partial charge in [0.15, 0.2) is 10.5 Å². The van der Waals surface area contributed by atoms with Gasteiger partial charge in [-0.05, 0) is 69.1 Å². The third kappa shape index (κ3) is 6.89. The predicted octanol–water partition coefficient (Wildman–Crippen LogP) is 5.43. The van der Waals surface area contributed by atoms with Crippen LogP contribution in [0.4, 0.5) is 13.2 Å². The molecule has 2 aromatic rings. The average Bonchev–Trinajstić information content (AvgIpc) is 3.63. The first-order valence-corrected chi connectivity index (χ1v) is 13.4. The highest BCUT2D eigenvalue weighted by Gasteiger charge is 2.32. The number of allylic oxidation sites excluding steroid dienone is 2. The molecule has 1 fully saturated rings. The summed E-state index contributed by atoms with van der Waals surface area (Å²) in [7, 11) is 1.39. The number of amidine groups is 1. The van der Waals surface area contributed by atoms with Crippen LogP contribution in [0, 0.1) is 17.8 Å². The van der Waals surface area contributed by atoms with Gasteiger partial charge in [0.2, 0.25) is 0 Å². The smallest absolute Gasteiger partial charge is 0.416 e. The van der Waals surface area contributed by atoms with E-state index in [9.17, 15) is 22.8 Å². The average molecular weight is 592 g/mol. The summed E-state index contributed by atoms with van der Waals surface area (Å²) in [5.74, 6) is 6.23. The third-order valence-electron chi connectivity index (χ3n) is 5.96. The molecule has 8 nitrogen and oxygen atoms in total. The molecule has 0 radical (unpaired) electrons. The first-order chi connectivity index (χ1) is 18.9. The Hall–Kier alpha value is -3.69. The number of nitrogens with one attached hydrogen (secondary N) is 2. The minimum absolute atomic E-state index is 0.0468. The zero-order chi connectivity index (χ0) is 29.2. The van der Waals surface area contributed by atoms with Gasteiger partial charge in [-0.3, -0.25) is 20.3 Å². The highest BCUT2D eigenvalue weighted by atomic mass is 35.5. The highest BCUT2D eigenvalue weighted by molar-refractivity contribution is 8.14. The van der Waals surface area contributed by atoms with Crippen molar-refractivity contribution in [2.24, 2.45) is 16.0 Å². The van der Waals surface area contributed by atoms with Crippen molar-refractivity contribution in [1.82, 2.24) is 15.3 Å². The van der Waals surface area contributed by atoms with E-state index in [4.69, 9.17) is 16.3 Å². The van der Waals surface area contributed by atoms with Crippen LogP contribution in [0.1, 0.15) is 49.5 Å². The Labute approximate surface area is 237 Å². The number of hydrazone groups is 1. The fourth-order valence-corrected chi connectivity index (χ4v) is 4.35. The number of aromatic nitrogens is 1. The molecule has 1 aromatic heterocycles. The summed E-state index contributed by atoms with van der Waals surface area (Å²) in [4.78, 5) is 30.6. The molecule has 0 spiro atoms. The predicted molar refractivity (Wildman–Crippen MR) is 150 cm³/mol. The van der Waals surface area contributed by atoms with Crippen LogP contribution < -0.4 is 16.3 Å². The van der Waals surface area contributed by atoms with Crippen LogP contribution in [0.3, 0.4) is 0 Å². The van der Waals surface area contributed by atoms with Crippen LogP contribution in [0.25, 0.3) is 11.1 Å². The number of alkyl halides is 3. The molecule has 210 valence electrons. The number of amides is 1. The van der Waals surface area contributed by atoms with E-state index in [0.717, 1.165) is 47.2 Å². The second-order valence-electron chi connectivity index (χ2n) is 9.23. The molecule has 1 unspecified atom stereocenters. The van der Waals surface area contributed by atoms with Crippen molar-refractivity contribution in [2.75, 3.05) is 7.05 Å². The van der Waals surface area contributed by atoms with Crippen LogP contribution in [-0.4, -0.2) is 34.1 Å². The lowest BCUT2D eigenvalue weighted by Crippen LogP contribution is -2.33. The molecule has 1 aliphatic carbocycles. The van der Waals surface area contributed by atoms with Crippen LogP contribution in [0.15, 0.2) is 56.7 Å². The molecule has 2 N–H and O–H groups in total. The van der Waals surface area contributed by atoms with Crippen molar-refractivity contribution in [1.29, 1.82) is 0 Å². The van der Waals surface area contributed by atoms with Crippen LogP contribution >= 0.6 is 23.4 Å². The van der Waals surface area contributed by atoms with Crippen molar-refractivity contribution in [3.8, 4) is 23.0 Å². The number of hydrogen-bond acceptors (Lipinski definition) is 7. The minimum atomic E-state index is -4.67. The van der Waals surface area contributed by atoms with E-state index in [1.807, 2.05) is 0 Å². The largest absolute Gasteiger partial charge is 0.430 e. The normalized spacial score (nSPS) is 16.9. The van der Waals surface area contributed by atoms with Gasteiger partial charge < -0.3 is 4.74 Å². The number of halogens is 4. The molecule has 0 saturated heterocycles. The number of hydrogen-bond donors (Lipinski definition) is 2. The van der Waals surface area contributed by atoms with Crippen molar-refractivity contribution in [3.63, 3.8) is 0 Å². The van der Waals surface area contributed by atoms with Gasteiger partial charge in [0.1, 0.15) is 5.76 Å². The number of nitrogens with zero attached hydrogens (tertiary/aromatic N) is 3. The first-order valence-electron chi connectivity index (χ1n) is 12.1. The molecule has 1 aliphatic heterocycles. The standard InChI is InChI=1S/C27H25ClF3N5O3S/c1-14(2)15(3)39-26(32-4)36-13-20(18-11-17(27(29,30)31)8-9-21(18)28)19(12-23(36)37)24(38)33-25-35-34-22(40-25)10-7-16-5-6-16/h8-9,11-13,16,22,34H,5-6H2,1-4H3,(H,33,35,38). The maximum Gasteiger partial charge on any atom is 0.416 e. The van der Waals surface area contributed by atoms with Gasteiger partial charge in [-0.2, -0.15) is 18.3 Å². The van der Waals surface area contributed by atoms with Crippen LogP contribution in [0.2, 0.25) is 5.02 Å². The molecule has 1 saturated carbocycles. The van der Waals surface area contributed by atoms with E-state index in [2.05, 4.69) is 32.7 Å². The zero-order valence-corrected chi connectivity index (χ0v) is 23.5. The molecular weight excluding hydrogens is 567 g/mol. The van der Waals surface area contributed by atoms with Crippen molar-refractivity contribution in [3.05, 3.63) is 68.3 Å². The third-order valence-corrected chi connectivity index (χ3v) is 7.16. The molecule has 4 rings (SSSR count). The van der Waals surface area contributed by atoms with Gasteiger partial charge >= 0.3 is 12.2 Å². The number of carbonyl (C=O) groups excluding carboxylic acids is 1. The Morgan fingerprint density at radius 2 is 1.95 bits per heavy atom. The summed E-state index contributed by atoms with van der Waals surface area (Å²) in [5, 5.41) is 6.45. The van der Waals surface area contributed by atoms with Crippen LogP contribution in [-0.2, 0) is 10.9 Å². The summed E-state index contributed by atoms with van der Waals surface area (Å²) in [6.45, 7) is 5.27. The molecule has 1 amide bonds. The van der Waals surface area contributed by atoms with E-state index in [-0.39, 0.29) is 38.3 Å². The van der Waals surface area contributed by atoms with Crippen molar-refractivity contribution < 1.29 is 22.7 Å². The molecule has 2 aliphatic rings. The number of thioether (sulfide) groups is 1. The van der Waals surface area contributed by atoms with E-state index in [1.165, 1.54) is 25.0 Å². The second-order valence-corrected chi connectivity index (χ2v) is 10.7. The lowest BCUT2D eigenvalue weighted by molar-refractivity contribution is -0.137. The fraction of sp³-hybridized carbons (Fsp3) is 0.333. The molecule has 40 heavy (non-hydrogen) atoms. The van der Waals surface area contributed by atoms with Crippen molar-refractivity contribution >= 4 is 40.5 Å². The number of ether oxygens (including phenoxy) is 1. The van der Waals surface area contributed by atoms with E-state index >= 15 is 0 Å². The van der Waals surface area contributed by atoms with Gasteiger partial charge in [0.25, 0.3) is 11.5 Å². The fourth-order valence-electron chi connectivity index (χ4n) is 3.42. The first kappa shape index (κ1) is 29.3. The summed E-state index contributed by atoms with van der Waals surface area (Å²) in [6, 6.07) is 3.59. The van der Waals surface area contributed by atoms with Crippen molar-refractivity contribution in [2.45, 2.75) is 45.2 Å². The minimum Gasteiger partial charge on any atom is -0.430 e. The number of benzene rings is 1. The molecule has 1 atom stereocenters. The lowest BCUT2D eigenvalue weighted by atomic mass is 9.99. The number of rotatable bonds is 3. The van der Waals surface area contributed by atoms with Gasteiger partial charge in [-0.25, -0.2) is 9.56 Å². The zero-order valence-electron chi connectivity index (χ0n) is 21.9.